The van der Waals surface area contributed by atoms with Crippen molar-refractivity contribution in [2.24, 2.45) is 41.4 Å². The maximum atomic E-state index is 11.7. The van der Waals surface area contributed by atoms with E-state index >= 15 is 0 Å². The van der Waals surface area contributed by atoms with Crippen LogP contribution in [-0.4, -0.2) is 46.6 Å². The first-order valence-electron chi connectivity index (χ1n) is 12.8. The predicted molar refractivity (Wildman–Crippen MR) is 117 cm³/mol. The summed E-state index contributed by atoms with van der Waals surface area (Å²) < 4.78 is 10.5. The van der Waals surface area contributed by atoms with E-state index in [1.165, 1.54) is 37.7 Å². The number of fused-ring (bicyclic) bond motifs is 4. The Labute approximate surface area is 190 Å². The van der Waals surface area contributed by atoms with E-state index in [1.54, 1.807) is 0 Å². The zero-order valence-corrected chi connectivity index (χ0v) is 19.3. The van der Waals surface area contributed by atoms with Crippen molar-refractivity contribution in [2.45, 2.75) is 96.1 Å². The summed E-state index contributed by atoms with van der Waals surface area (Å²) in [5.74, 6) is 0.889. The molecule has 178 valence electrons. The van der Waals surface area contributed by atoms with E-state index in [0.717, 1.165) is 25.7 Å². The lowest BCUT2D eigenvalue weighted by molar-refractivity contribution is -0.145. The van der Waals surface area contributed by atoms with Crippen LogP contribution < -0.4 is 0 Å². The Morgan fingerprint density at radius 3 is 2.31 bits per heavy atom. The van der Waals surface area contributed by atoms with Gasteiger partial charge in [0.05, 0.1) is 24.0 Å². The van der Waals surface area contributed by atoms with Crippen LogP contribution in [0.25, 0.3) is 0 Å². The van der Waals surface area contributed by atoms with E-state index in [0.29, 0.717) is 11.8 Å². The molecular weight excluding hydrogens is 408 g/mol. The van der Waals surface area contributed by atoms with Gasteiger partial charge in [-0.25, -0.2) is 0 Å². The summed E-state index contributed by atoms with van der Waals surface area (Å²) >= 11 is 0. The Kier molecular flexibility index (Phi) is 6.12. The lowest BCUT2D eigenvalue weighted by Crippen LogP contribution is -2.47. The van der Waals surface area contributed by atoms with Crippen LogP contribution in [0.15, 0.2) is 11.6 Å². The van der Waals surface area contributed by atoms with E-state index in [-0.39, 0.29) is 65.9 Å². The molecule has 0 bridgehead atoms. The number of ether oxygens (including phenoxy) is 2. The number of rotatable bonds is 0. The van der Waals surface area contributed by atoms with Crippen molar-refractivity contribution in [3.63, 3.8) is 0 Å². The second-order valence-electron chi connectivity index (χ2n) is 11.1. The Bertz CT molecular complexity index is 776. The third-order valence-corrected chi connectivity index (χ3v) is 9.41. The molecule has 0 aromatic heterocycles. The molecule has 32 heavy (non-hydrogen) atoms. The summed E-state index contributed by atoms with van der Waals surface area (Å²) in [6.07, 6.45) is 11.4. The quantitative estimate of drug-likeness (QED) is 0.438. The smallest absolute Gasteiger partial charge is 0.313 e. The zero-order chi connectivity index (χ0) is 22.6. The summed E-state index contributed by atoms with van der Waals surface area (Å²) in [6, 6.07) is 0. The van der Waals surface area contributed by atoms with Crippen molar-refractivity contribution < 1.29 is 29.3 Å². The molecule has 0 radical (unpaired) electrons. The number of aliphatic hydroxyl groups is 2. The molecule has 0 spiro atoms. The van der Waals surface area contributed by atoms with Gasteiger partial charge in [0.1, 0.15) is 12.2 Å². The first-order valence-corrected chi connectivity index (χ1v) is 12.8. The Morgan fingerprint density at radius 2 is 1.50 bits per heavy atom. The van der Waals surface area contributed by atoms with E-state index in [1.807, 2.05) is 13.8 Å². The molecule has 11 atom stereocenters. The number of carbonyl (C=O) groups is 2. The van der Waals surface area contributed by atoms with Gasteiger partial charge in [-0.2, -0.15) is 0 Å². The van der Waals surface area contributed by atoms with Crippen LogP contribution >= 0.6 is 0 Å². The summed E-state index contributed by atoms with van der Waals surface area (Å²) in [7, 11) is 0. The van der Waals surface area contributed by atoms with Crippen molar-refractivity contribution in [1.29, 1.82) is 0 Å². The van der Waals surface area contributed by atoms with Crippen LogP contribution in [0, 0.1) is 41.4 Å². The molecule has 2 N–H and O–H groups in total. The monoisotopic (exact) mass is 446 g/mol. The number of hydrogen-bond acceptors (Lipinski definition) is 6. The van der Waals surface area contributed by atoms with Gasteiger partial charge in [-0.15, -0.1) is 0 Å². The highest BCUT2D eigenvalue weighted by Crippen LogP contribution is 2.50. The number of carbonyl (C=O) groups excluding carboxylic acids is 2. The van der Waals surface area contributed by atoms with E-state index in [2.05, 4.69) is 6.08 Å². The molecule has 3 saturated carbocycles. The van der Waals surface area contributed by atoms with E-state index < -0.39 is 0 Å². The van der Waals surface area contributed by atoms with Crippen molar-refractivity contribution in [3.8, 4) is 0 Å². The molecule has 2 aliphatic heterocycles. The lowest BCUT2D eigenvalue weighted by Gasteiger charge is -2.44. The van der Waals surface area contributed by atoms with Gasteiger partial charge in [0, 0.05) is 17.8 Å². The van der Waals surface area contributed by atoms with Gasteiger partial charge in [0.2, 0.25) is 0 Å². The van der Waals surface area contributed by atoms with Crippen molar-refractivity contribution in [1.82, 2.24) is 0 Å². The Balaban J connectivity index is 0.000000135. The minimum Gasteiger partial charge on any atom is -0.462 e. The highest BCUT2D eigenvalue weighted by molar-refractivity contribution is 5.78. The SMILES string of the molecule is C[C@@H]1OC(=O)[C@H]2C=C3CCCC[C@@H]3[C@@H](O)[C@@H]12.C[C@@H]1OC(=O)[C@H]2C[C@H]3CCCC[C@@H]3[C@@H](O)[C@@H]12. The molecule has 0 aromatic rings. The van der Waals surface area contributed by atoms with Gasteiger partial charge in [0.25, 0.3) is 0 Å². The van der Waals surface area contributed by atoms with Crippen molar-refractivity contribution in [2.75, 3.05) is 0 Å². The van der Waals surface area contributed by atoms with Gasteiger partial charge < -0.3 is 19.7 Å². The zero-order valence-electron chi connectivity index (χ0n) is 19.3. The van der Waals surface area contributed by atoms with Gasteiger partial charge in [-0.3, -0.25) is 9.59 Å². The second-order valence-corrected chi connectivity index (χ2v) is 11.1. The highest BCUT2D eigenvalue weighted by Gasteiger charge is 2.54. The van der Waals surface area contributed by atoms with Gasteiger partial charge in [-0.1, -0.05) is 37.3 Å². The summed E-state index contributed by atoms with van der Waals surface area (Å²) in [6.45, 7) is 3.82. The number of aliphatic hydroxyl groups excluding tert-OH is 2. The fourth-order valence-corrected chi connectivity index (χ4v) is 7.81. The molecule has 2 heterocycles. The van der Waals surface area contributed by atoms with Crippen molar-refractivity contribution >= 4 is 11.9 Å². The van der Waals surface area contributed by atoms with Gasteiger partial charge >= 0.3 is 11.9 Å². The third-order valence-electron chi connectivity index (χ3n) is 9.41. The van der Waals surface area contributed by atoms with Crippen LogP contribution in [-0.2, 0) is 19.1 Å². The van der Waals surface area contributed by atoms with Gasteiger partial charge in [-0.05, 0) is 57.8 Å². The van der Waals surface area contributed by atoms with Gasteiger partial charge in [0.15, 0.2) is 0 Å². The molecule has 5 fully saturated rings. The second kappa shape index (κ2) is 8.75. The Hall–Kier alpha value is -1.40. The Morgan fingerprint density at radius 1 is 0.812 bits per heavy atom. The van der Waals surface area contributed by atoms with Crippen LogP contribution in [0.5, 0.6) is 0 Å². The lowest BCUT2D eigenvalue weighted by atomic mass is 9.61. The van der Waals surface area contributed by atoms with Crippen LogP contribution in [0.3, 0.4) is 0 Å². The molecule has 0 unspecified atom stereocenters. The normalized spacial score (nSPS) is 49.2. The first kappa shape index (κ1) is 22.4. The van der Waals surface area contributed by atoms with Crippen LogP contribution in [0.2, 0.25) is 0 Å². The average molecular weight is 447 g/mol. The minimum atomic E-state index is -0.383. The largest absolute Gasteiger partial charge is 0.462 e. The molecule has 4 aliphatic carbocycles. The topological polar surface area (TPSA) is 93.1 Å². The summed E-state index contributed by atoms with van der Waals surface area (Å²) in [5, 5.41) is 20.8. The highest BCUT2D eigenvalue weighted by atomic mass is 16.6. The predicted octanol–water partition coefficient (Wildman–Crippen LogP) is 3.39. The summed E-state index contributed by atoms with van der Waals surface area (Å²) in [5.41, 5.74) is 1.30. The van der Waals surface area contributed by atoms with Crippen LogP contribution in [0.1, 0.15) is 71.6 Å². The van der Waals surface area contributed by atoms with E-state index in [4.69, 9.17) is 9.47 Å². The molecule has 0 aromatic carbocycles. The molecule has 6 aliphatic rings. The maximum absolute atomic E-state index is 11.7. The average Bonchev–Trinajstić information content (AvgIpc) is 3.23. The molecule has 0 amide bonds. The standard InChI is InChI=1S/C13H20O3.C13H18O3/c2*1-7-11-10(13(15)16-7)6-8-4-2-3-5-9(8)12(11)14/h7-12,14H,2-6H2,1H3;6-7,9-12,14H,2-5H2,1H3/t7-,8+,9-,10-,11-,12+;7-,9-,10-,11-,12+/m00/s1. The maximum Gasteiger partial charge on any atom is 0.313 e. The molecule has 6 heteroatoms. The van der Waals surface area contributed by atoms with Crippen LogP contribution in [0.4, 0.5) is 0 Å². The number of esters is 2. The third kappa shape index (κ3) is 3.71. The molecule has 6 nitrogen and oxygen atoms in total. The van der Waals surface area contributed by atoms with E-state index in [9.17, 15) is 19.8 Å². The molecular formula is C26H38O6. The van der Waals surface area contributed by atoms with Crippen molar-refractivity contribution in [3.05, 3.63) is 11.6 Å². The number of hydrogen-bond donors (Lipinski definition) is 2. The summed E-state index contributed by atoms with van der Waals surface area (Å²) in [4.78, 5) is 23.4. The molecule has 6 rings (SSSR count). The fourth-order valence-electron chi connectivity index (χ4n) is 7.81. The minimum absolute atomic E-state index is 0.0145. The first-order chi connectivity index (χ1) is 15.4. The fraction of sp³-hybridized carbons (Fsp3) is 0.846. The molecule has 2 saturated heterocycles. The number of cyclic esters (lactones) is 2.